The first kappa shape index (κ1) is 6.89. The number of hydrogen-bond donors (Lipinski definition) is 0. The number of thiophene rings is 1. The maximum atomic E-state index is 9.76. The number of rotatable bonds is 2. The number of nitroso groups, excluding NO2 is 1. The lowest BCUT2D eigenvalue weighted by Gasteiger charge is -1.84. The van der Waals surface area contributed by atoms with Crippen LogP contribution >= 0.6 is 27.3 Å². The van der Waals surface area contributed by atoms with Crippen molar-refractivity contribution in [1.29, 1.82) is 0 Å². The zero-order chi connectivity index (χ0) is 6.69. The first-order valence-corrected chi connectivity index (χ1v) is 4.03. The lowest BCUT2D eigenvalue weighted by Crippen LogP contribution is -1.70. The normalized spacial score (nSPS) is 9.44. The van der Waals surface area contributed by atoms with Crippen molar-refractivity contribution >= 4 is 27.3 Å². The molecule has 0 radical (unpaired) electrons. The van der Waals surface area contributed by atoms with Crippen molar-refractivity contribution in [3.05, 3.63) is 25.7 Å². The lowest BCUT2D eigenvalue weighted by molar-refractivity contribution is 1.08. The highest BCUT2D eigenvalue weighted by atomic mass is 79.9. The second-order valence-electron chi connectivity index (χ2n) is 1.48. The molecule has 0 atom stereocenters. The van der Waals surface area contributed by atoms with E-state index >= 15 is 0 Å². The molecule has 1 rings (SSSR count). The summed E-state index contributed by atoms with van der Waals surface area (Å²) in [6.07, 6.45) is 0. The minimum absolute atomic E-state index is 0.276. The Labute approximate surface area is 65.0 Å². The predicted molar refractivity (Wildman–Crippen MR) is 41.5 cm³/mol. The minimum atomic E-state index is 0.276. The number of halogens is 1. The summed E-state index contributed by atoms with van der Waals surface area (Å²) in [4.78, 5) is 10.8. The third-order valence-electron chi connectivity index (χ3n) is 0.899. The summed E-state index contributed by atoms with van der Waals surface area (Å²) in [6.45, 7) is 0.276. The van der Waals surface area contributed by atoms with Crippen LogP contribution in [0.3, 0.4) is 0 Å². The zero-order valence-electron chi connectivity index (χ0n) is 4.50. The molecule has 48 valence electrons. The summed E-state index contributed by atoms with van der Waals surface area (Å²) >= 11 is 4.81. The van der Waals surface area contributed by atoms with Crippen LogP contribution in [0.2, 0.25) is 0 Å². The van der Waals surface area contributed by atoms with E-state index in [1.165, 1.54) is 11.3 Å². The van der Waals surface area contributed by atoms with E-state index in [2.05, 4.69) is 21.1 Å². The van der Waals surface area contributed by atoms with Gasteiger partial charge in [0.1, 0.15) is 6.54 Å². The van der Waals surface area contributed by atoms with E-state index in [-0.39, 0.29) is 6.54 Å². The second kappa shape index (κ2) is 3.08. The predicted octanol–water partition coefficient (Wildman–Crippen LogP) is 2.78. The van der Waals surface area contributed by atoms with Crippen molar-refractivity contribution in [2.75, 3.05) is 0 Å². The van der Waals surface area contributed by atoms with Gasteiger partial charge in [-0.05, 0) is 27.4 Å². The Kier molecular flexibility index (Phi) is 2.36. The van der Waals surface area contributed by atoms with Crippen molar-refractivity contribution in [2.24, 2.45) is 5.18 Å². The molecule has 0 bridgehead atoms. The van der Waals surface area contributed by atoms with Gasteiger partial charge in [-0.3, -0.25) is 0 Å². The molecule has 2 nitrogen and oxygen atoms in total. The molecule has 1 aromatic heterocycles. The molecule has 0 aliphatic rings. The highest BCUT2D eigenvalue weighted by Gasteiger charge is 1.98. The summed E-state index contributed by atoms with van der Waals surface area (Å²) in [5, 5.41) is 4.69. The maximum absolute atomic E-state index is 9.76. The minimum Gasteiger partial charge on any atom is -0.150 e. The van der Waals surface area contributed by atoms with Gasteiger partial charge in [0, 0.05) is 9.35 Å². The summed E-state index contributed by atoms with van der Waals surface area (Å²) in [5.74, 6) is 0. The molecule has 4 heteroatoms. The average Bonchev–Trinajstić information content (AvgIpc) is 2.18. The molecule has 0 aliphatic heterocycles. The Bertz CT molecular complexity index is 210. The van der Waals surface area contributed by atoms with Crippen molar-refractivity contribution in [3.8, 4) is 0 Å². The topological polar surface area (TPSA) is 29.4 Å². The fraction of sp³-hybridized carbons (Fsp3) is 0.200. The molecule has 1 aromatic rings. The number of hydrogen-bond acceptors (Lipinski definition) is 3. The highest BCUT2D eigenvalue weighted by Crippen LogP contribution is 2.22. The van der Waals surface area contributed by atoms with Crippen LogP contribution in [0.25, 0.3) is 0 Å². The van der Waals surface area contributed by atoms with Gasteiger partial charge in [-0.1, -0.05) is 5.18 Å². The Morgan fingerprint density at radius 2 is 2.56 bits per heavy atom. The van der Waals surface area contributed by atoms with Gasteiger partial charge in [0.2, 0.25) is 0 Å². The Morgan fingerprint density at radius 3 is 3.00 bits per heavy atom. The Hall–Kier alpha value is -0.220. The van der Waals surface area contributed by atoms with Gasteiger partial charge in [0.15, 0.2) is 0 Å². The van der Waals surface area contributed by atoms with Gasteiger partial charge in [-0.15, -0.1) is 11.3 Å². The van der Waals surface area contributed by atoms with Crippen LogP contribution in [0, 0.1) is 4.91 Å². The van der Waals surface area contributed by atoms with E-state index in [1.807, 2.05) is 11.4 Å². The van der Waals surface area contributed by atoms with E-state index in [1.54, 1.807) is 0 Å². The Balaban J connectivity index is 2.80. The molecule has 0 spiro atoms. The highest BCUT2D eigenvalue weighted by molar-refractivity contribution is 9.10. The van der Waals surface area contributed by atoms with E-state index in [0.717, 1.165) is 9.35 Å². The van der Waals surface area contributed by atoms with Gasteiger partial charge in [0.25, 0.3) is 0 Å². The summed E-state index contributed by atoms with van der Waals surface area (Å²) in [6, 6.07) is 1.91. The van der Waals surface area contributed by atoms with E-state index in [0.29, 0.717) is 0 Å². The molecule has 0 amide bonds. The van der Waals surface area contributed by atoms with Crippen LogP contribution in [0.5, 0.6) is 0 Å². The molecule has 1 heterocycles. The van der Waals surface area contributed by atoms with Gasteiger partial charge in [-0.25, -0.2) is 0 Å². The molecule has 0 saturated carbocycles. The first-order valence-electron chi connectivity index (χ1n) is 2.35. The molecule has 0 N–H and O–H groups in total. The van der Waals surface area contributed by atoms with Crippen LogP contribution in [0.4, 0.5) is 0 Å². The van der Waals surface area contributed by atoms with Gasteiger partial charge in [-0.2, -0.15) is 4.91 Å². The Morgan fingerprint density at radius 1 is 1.78 bits per heavy atom. The van der Waals surface area contributed by atoms with Crippen molar-refractivity contribution in [3.63, 3.8) is 0 Å². The van der Waals surface area contributed by atoms with E-state index < -0.39 is 0 Å². The van der Waals surface area contributed by atoms with Gasteiger partial charge in [0.05, 0.1) is 0 Å². The molecule has 0 saturated heterocycles. The van der Waals surface area contributed by atoms with Crippen molar-refractivity contribution in [1.82, 2.24) is 0 Å². The molecule has 0 aliphatic carbocycles. The fourth-order valence-corrected chi connectivity index (χ4v) is 1.89. The van der Waals surface area contributed by atoms with Gasteiger partial charge < -0.3 is 0 Å². The van der Waals surface area contributed by atoms with Crippen LogP contribution in [0.15, 0.2) is 21.1 Å². The van der Waals surface area contributed by atoms with Crippen LogP contribution in [0.1, 0.15) is 4.88 Å². The third-order valence-corrected chi connectivity index (χ3v) is 2.81. The molecule has 0 fully saturated rings. The monoisotopic (exact) mass is 205 g/mol. The van der Waals surface area contributed by atoms with Crippen LogP contribution in [-0.2, 0) is 6.54 Å². The molecule has 9 heavy (non-hydrogen) atoms. The van der Waals surface area contributed by atoms with Crippen molar-refractivity contribution in [2.45, 2.75) is 6.54 Å². The lowest BCUT2D eigenvalue weighted by atomic mass is 10.5. The smallest absolute Gasteiger partial charge is 0.116 e. The second-order valence-corrected chi connectivity index (χ2v) is 3.33. The van der Waals surface area contributed by atoms with Crippen LogP contribution in [-0.4, -0.2) is 0 Å². The van der Waals surface area contributed by atoms with E-state index in [4.69, 9.17) is 0 Å². The molecular formula is C5H4BrNOS. The van der Waals surface area contributed by atoms with Gasteiger partial charge >= 0.3 is 0 Å². The standard InChI is InChI=1S/C5H4BrNOS/c6-4-1-2-9-5(4)3-7-8/h1-2H,3H2. The molecule has 0 unspecified atom stereocenters. The number of nitrogens with zero attached hydrogens (tertiary/aromatic N) is 1. The molecule has 0 aromatic carbocycles. The zero-order valence-corrected chi connectivity index (χ0v) is 6.91. The fourth-order valence-electron chi connectivity index (χ4n) is 0.497. The van der Waals surface area contributed by atoms with E-state index in [9.17, 15) is 4.91 Å². The maximum Gasteiger partial charge on any atom is 0.116 e. The SMILES string of the molecule is O=NCc1sccc1Br. The summed E-state index contributed by atoms with van der Waals surface area (Å²) in [5.41, 5.74) is 0. The third kappa shape index (κ3) is 1.59. The van der Waals surface area contributed by atoms with Crippen molar-refractivity contribution < 1.29 is 0 Å². The summed E-state index contributed by atoms with van der Waals surface area (Å²) < 4.78 is 0.979. The average molecular weight is 206 g/mol. The van der Waals surface area contributed by atoms with Crippen LogP contribution < -0.4 is 0 Å². The first-order chi connectivity index (χ1) is 4.34. The molecular weight excluding hydrogens is 202 g/mol. The largest absolute Gasteiger partial charge is 0.150 e. The summed E-state index contributed by atoms with van der Waals surface area (Å²) in [7, 11) is 0. The quantitative estimate of drug-likeness (QED) is 0.684.